The molecule has 1 aromatic rings. The molecule has 1 heterocycles. The molecule has 70 valence electrons. The van der Waals surface area contributed by atoms with Crippen molar-refractivity contribution in [1.82, 2.24) is 5.32 Å². The Balaban J connectivity index is 2.17. The van der Waals surface area contributed by atoms with Crippen LogP contribution in [-0.4, -0.2) is 19.2 Å². The maximum Gasteiger partial charge on any atom is 0.191 e. The van der Waals surface area contributed by atoms with Crippen molar-refractivity contribution in [2.75, 3.05) is 13.1 Å². The molecule has 2 nitrogen and oxygen atoms in total. The second kappa shape index (κ2) is 3.30. The Morgan fingerprint density at radius 3 is 2.31 bits per heavy atom. The third-order valence-corrected chi connectivity index (χ3v) is 1.95. The number of halogens is 2. The minimum Gasteiger partial charge on any atom is -0.482 e. The molecule has 1 aliphatic heterocycles. The highest BCUT2D eigenvalue weighted by atomic mass is 19.1. The lowest BCUT2D eigenvalue weighted by molar-refractivity contribution is 0.130. The lowest BCUT2D eigenvalue weighted by Crippen LogP contribution is -2.50. The van der Waals surface area contributed by atoms with Crippen LogP contribution >= 0.6 is 0 Å². The standard InChI is InChI=1S/C9H9F2NO/c10-7-2-1-3-8(11)9(7)13-6-4-12-5-6/h1-3,6,12H,4-5H2. The fourth-order valence-electron chi connectivity index (χ4n) is 1.11. The quantitative estimate of drug-likeness (QED) is 0.750. The lowest BCUT2D eigenvalue weighted by atomic mass is 10.2. The van der Waals surface area contributed by atoms with Crippen LogP contribution in [0.25, 0.3) is 0 Å². The maximum atomic E-state index is 13.0. The highest BCUT2D eigenvalue weighted by Crippen LogP contribution is 2.22. The van der Waals surface area contributed by atoms with Gasteiger partial charge >= 0.3 is 0 Å². The molecular weight excluding hydrogens is 176 g/mol. The van der Waals surface area contributed by atoms with Crippen molar-refractivity contribution < 1.29 is 13.5 Å². The van der Waals surface area contributed by atoms with E-state index < -0.39 is 11.6 Å². The number of para-hydroxylation sites is 1. The van der Waals surface area contributed by atoms with Crippen LogP contribution in [0.15, 0.2) is 18.2 Å². The number of benzene rings is 1. The summed E-state index contributed by atoms with van der Waals surface area (Å²) < 4.78 is 31.1. The van der Waals surface area contributed by atoms with E-state index in [9.17, 15) is 8.78 Å². The van der Waals surface area contributed by atoms with Crippen molar-refractivity contribution in [1.29, 1.82) is 0 Å². The molecule has 13 heavy (non-hydrogen) atoms. The average Bonchev–Trinajstić information content (AvgIpc) is 2.00. The maximum absolute atomic E-state index is 13.0. The average molecular weight is 185 g/mol. The molecule has 1 aromatic carbocycles. The Kier molecular flexibility index (Phi) is 2.14. The molecule has 0 unspecified atom stereocenters. The highest BCUT2D eigenvalue weighted by molar-refractivity contribution is 5.26. The highest BCUT2D eigenvalue weighted by Gasteiger charge is 2.21. The van der Waals surface area contributed by atoms with E-state index in [1.54, 1.807) is 0 Å². The third kappa shape index (κ3) is 1.62. The molecule has 4 heteroatoms. The molecule has 0 radical (unpaired) electrons. The molecule has 2 rings (SSSR count). The summed E-state index contributed by atoms with van der Waals surface area (Å²) in [7, 11) is 0. The van der Waals surface area contributed by atoms with Crippen LogP contribution < -0.4 is 10.1 Å². The van der Waals surface area contributed by atoms with Crippen LogP contribution in [0.4, 0.5) is 8.78 Å². The molecular formula is C9H9F2NO. The Hall–Kier alpha value is -1.16. The van der Waals surface area contributed by atoms with Gasteiger partial charge in [0.25, 0.3) is 0 Å². The first-order valence-corrected chi connectivity index (χ1v) is 4.09. The predicted molar refractivity (Wildman–Crippen MR) is 43.6 cm³/mol. The second-order valence-electron chi connectivity index (χ2n) is 2.95. The van der Waals surface area contributed by atoms with Gasteiger partial charge in [-0.2, -0.15) is 0 Å². The molecule has 0 amide bonds. The number of rotatable bonds is 2. The van der Waals surface area contributed by atoms with Crippen LogP contribution in [0.5, 0.6) is 5.75 Å². The third-order valence-electron chi connectivity index (χ3n) is 1.95. The molecule has 1 N–H and O–H groups in total. The number of hydrogen-bond acceptors (Lipinski definition) is 2. The van der Waals surface area contributed by atoms with Crippen molar-refractivity contribution in [3.63, 3.8) is 0 Å². The fraction of sp³-hybridized carbons (Fsp3) is 0.333. The summed E-state index contributed by atoms with van der Waals surface area (Å²) in [5.74, 6) is -1.56. The number of hydrogen-bond donors (Lipinski definition) is 1. The topological polar surface area (TPSA) is 21.3 Å². The predicted octanol–water partition coefficient (Wildman–Crippen LogP) is 1.32. The van der Waals surface area contributed by atoms with Gasteiger partial charge in [-0.15, -0.1) is 0 Å². The van der Waals surface area contributed by atoms with Crippen LogP contribution in [0, 0.1) is 11.6 Å². The molecule has 0 bridgehead atoms. The Labute approximate surface area is 74.5 Å². The van der Waals surface area contributed by atoms with Gasteiger partial charge in [0.1, 0.15) is 6.10 Å². The molecule has 0 atom stereocenters. The second-order valence-corrected chi connectivity index (χ2v) is 2.95. The van der Waals surface area contributed by atoms with Crippen molar-refractivity contribution in [2.45, 2.75) is 6.10 Å². The molecule has 0 aliphatic carbocycles. The smallest absolute Gasteiger partial charge is 0.191 e. The van der Waals surface area contributed by atoms with Crippen LogP contribution in [-0.2, 0) is 0 Å². The van der Waals surface area contributed by atoms with E-state index in [0.717, 1.165) is 0 Å². The largest absolute Gasteiger partial charge is 0.482 e. The van der Waals surface area contributed by atoms with Crippen LogP contribution in [0.1, 0.15) is 0 Å². The summed E-state index contributed by atoms with van der Waals surface area (Å²) in [6.07, 6.45) is -0.105. The summed E-state index contributed by atoms with van der Waals surface area (Å²) in [6.45, 7) is 1.29. The van der Waals surface area contributed by atoms with E-state index in [0.29, 0.717) is 13.1 Å². The first-order valence-electron chi connectivity index (χ1n) is 4.09. The normalized spacial score (nSPS) is 16.8. The van der Waals surface area contributed by atoms with E-state index in [4.69, 9.17) is 4.74 Å². The summed E-state index contributed by atoms with van der Waals surface area (Å²) in [5.41, 5.74) is 0. The van der Waals surface area contributed by atoms with Gasteiger partial charge in [0.2, 0.25) is 0 Å². The first-order chi connectivity index (χ1) is 6.27. The summed E-state index contributed by atoms with van der Waals surface area (Å²) in [5, 5.41) is 2.95. The van der Waals surface area contributed by atoms with E-state index >= 15 is 0 Å². The lowest BCUT2D eigenvalue weighted by Gasteiger charge is -2.27. The minimum atomic E-state index is -0.646. The van der Waals surface area contributed by atoms with E-state index in [1.165, 1.54) is 18.2 Å². The fourth-order valence-corrected chi connectivity index (χ4v) is 1.11. The molecule has 1 aliphatic rings. The first kappa shape index (κ1) is 8.44. The zero-order valence-electron chi connectivity index (χ0n) is 6.89. The Bertz CT molecular complexity index is 292. The van der Waals surface area contributed by atoms with Gasteiger partial charge in [0, 0.05) is 13.1 Å². The van der Waals surface area contributed by atoms with Gasteiger partial charge in [0.15, 0.2) is 17.4 Å². The Morgan fingerprint density at radius 2 is 1.85 bits per heavy atom. The van der Waals surface area contributed by atoms with Crippen LogP contribution in [0.3, 0.4) is 0 Å². The number of nitrogens with one attached hydrogen (secondary N) is 1. The van der Waals surface area contributed by atoms with Crippen molar-refractivity contribution in [2.24, 2.45) is 0 Å². The monoisotopic (exact) mass is 185 g/mol. The van der Waals surface area contributed by atoms with Crippen molar-refractivity contribution >= 4 is 0 Å². The van der Waals surface area contributed by atoms with Gasteiger partial charge in [-0.3, -0.25) is 0 Å². The molecule has 0 aromatic heterocycles. The molecule has 1 saturated heterocycles. The van der Waals surface area contributed by atoms with Crippen molar-refractivity contribution in [3.05, 3.63) is 29.8 Å². The van der Waals surface area contributed by atoms with E-state index in [1.807, 2.05) is 0 Å². The summed E-state index contributed by atoms with van der Waals surface area (Å²) in [4.78, 5) is 0. The number of ether oxygens (including phenoxy) is 1. The SMILES string of the molecule is Fc1cccc(F)c1OC1CNC1. The molecule has 1 fully saturated rings. The van der Waals surface area contributed by atoms with Gasteiger partial charge in [-0.05, 0) is 12.1 Å². The summed E-state index contributed by atoms with van der Waals surface area (Å²) >= 11 is 0. The van der Waals surface area contributed by atoms with Crippen molar-refractivity contribution in [3.8, 4) is 5.75 Å². The minimum absolute atomic E-state index is 0.105. The molecule has 0 saturated carbocycles. The van der Waals surface area contributed by atoms with E-state index in [2.05, 4.69) is 5.32 Å². The zero-order chi connectivity index (χ0) is 9.26. The van der Waals surface area contributed by atoms with Gasteiger partial charge in [-0.25, -0.2) is 8.78 Å². The van der Waals surface area contributed by atoms with Gasteiger partial charge < -0.3 is 10.1 Å². The van der Waals surface area contributed by atoms with Gasteiger partial charge in [-0.1, -0.05) is 6.07 Å². The van der Waals surface area contributed by atoms with E-state index in [-0.39, 0.29) is 11.9 Å². The van der Waals surface area contributed by atoms with Gasteiger partial charge in [0.05, 0.1) is 0 Å². The zero-order valence-corrected chi connectivity index (χ0v) is 6.89. The molecule has 0 spiro atoms. The van der Waals surface area contributed by atoms with Crippen LogP contribution in [0.2, 0.25) is 0 Å². The Morgan fingerprint density at radius 1 is 1.23 bits per heavy atom. The summed E-state index contributed by atoms with van der Waals surface area (Å²) in [6, 6.07) is 3.69.